The molecule has 0 saturated carbocycles. The van der Waals surface area contributed by atoms with E-state index in [-0.39, 0.29) is 18.2 Å². The number of hydrogen-bond donors (Lipinski definition) is 1. The van der Waals surface area contributed by atoms with E-state index < -0.39 is 5.97 Å². The second-order valence-corrected chi connectivity index (χ2v) is 4.29. The van der Waals surface area contributed by atoms with Gasteiger partial charge >= 0.3 is 5.97 Å². The first-order chi connectivity index (χ1) is 8.56. The SMILES string of the molecule is O=C(O)c1ccc(COc2ccc(F)cc2Br)o1. The molecule has 18 heavy (non-hydrogen) atoms. The molecule has 1 N–H and O–H groups in total. The van der Waals surface area contributed by atoms with E-state index in [1.165, 1.54) is 30.3 Å². The fourth-order valence-electron chi connectivity index (χ4n) is 1.31. The predicted molar refractivity (Wildman–Crippen MR) is 64.1 cm³/mol. The molecular formula is C12H8BrFO4. The predicted octanol–water partition coefficient (Wildman–Crippen LogP) is 3.46. The van der Waals surface area contributed by atoms with Gasteiger partial charge in [0.25, 0.3) is 0 Å². The van der Waals surface area contributed by atoms with Gasteiger partial charge in [-0.05, 0) is 46.3 Å². The Kier molecular flexibility index (Phi) is 3.66. The van der Waals surface area contributed by atoms with Crippen molar-refractivity contribution in [1.82, 2.24) is 0 Å². The van der Waals surface area contributed by atoms with E-state index in [0.29, 0.717) is 16.0 Å². The van der Waals surface area contributed by atoms with Gasteiger partial charge in [0, 0.05) is 0 Å². The van der Waals surface area contributed by atoms with Gasteiger partial charge in [0.1, 0.15) is 23.9 Å². The first-order valence-corrected chi connectivity index (χ1v) is 5.75. The third-order valence-electron chi connectivity index (χ3n) is 2.14. The average Bonchev–Trinajstić information content (AvgIpc) is 2.76. The summed E-state index contributed by atoms with van der Waals surface area (Å²) in [5.74, 6) is -0.829. The minimum Gasteiger partial charge on any atom is -0.484 e. The first-order valence-electron chi connectivity index (χ1n) is 4.96. The van der Waals surface area contributed by atoms with E-state index in [4.69, 9.17) is 14.3 Å². The molecule has 0 radical (unpaired) electrons. The molecule has 0 bridgehead atoms. The molecule has 6 heteroatoms. The fourth-order valence-corrected chi connectivity index (χ4v) is 1.78. The van der Waals surface area contributed by atoms with E-state index in [1.54, 1.807) is 0 Å². The second-order valence-electron chi connectivity index (χ2n) is 3.43. The van der Waals surface area contributed by atoms with Crippen molar-refractivity contribution in [3.8, 4) is 5.75 Å². The van der Waals surface area contributed by atoms with Crippen molar-refractivity contribution < 1.29 is 23.4 Å². The molecule has 2 rings (SSSR count). The van der Waals surface area contributed by atoms with Crippen molar-refractivity contribution >= 4 is 21.9 Å². The van der Waals surface area contributed by atoms with Gasteiger partial charge in [-0.25, -0.2) is 9.18 Å². The Bertz CT molecular complexity index is 579. The minimum atomic E-state index is -1.13. The third kappa shape index (κ3) is 2.89. The number of furan rings is 1. The van der Waals surface area contributed by atoms with Gasteiger partial charge in [0.05, 0.1) is 4.47 Å². The Labute approximate surface area is 110 Å². The first kappa shape index (κ1) is 12.6. The summed E-state index contributed by atoms with van der Waals surface area (Å²) in [7, 11) is 0. The van der Waals surface area contributed by atoms with Crippen LogP contribution in [0.3, 0.4) is 0 Å². The Morgan fingerprint density at radius 3 is 2.78 bits per heavy atom. The van der Waals surface area contributed by atoms with Crippen LogP contribution in [0.2, 0.25) is 0 Å². The normalized spacial score (nSPS) is 10.3. The van der Waals surface area contributed by atoms with E-state index in [2.05, 4.69) is 15.9 Å². The quantitative estimate of drug-likeness (QED) is 0.939. The molecule has 0 fully saturated rings. The highest BCUT2D eigenvalue weighted by atomic mass is 79.9. The van der Waals surface area contributed by atoms with Crippen LogP contribution in [0.25, 0.3) is 0 Å². The molecule has 4 nitrogen and oxygen atoms in total. The number of rotatable bonds is 4. The topological polar surface area (TPSA) is 59.7 Å². The van der Waals surface area contributed by atoms with Crippen LogP contribution in [-0.4, -0.2) is 11.1 Å². The zero-order chi connectivity index (χ0) is 13.1. The van der Waals surface area contributed by atoms with Gasteiger partial charge in [0.15, 0.2) is 0 Å². The van der Waals surface area contributed by atoms with Gasteiger partial charge in [-0.15, -0.1) is 0 Å². The zero-order valence-corrected chi connectivity index (χ0v) is 10.6. The summed E-state index contributed by atoms with van der Waals surface area (Å²) in [5, 5.41) is 8.67. The van der Waals surface area contributed by atoms with Crippen molar-refractivity contribution in [1.29, 1.82) is 0 Å². The van der Waals surface area contributed by atoms with Gasteiger partial charge in [0.2, 0.25) is 5.76 Å². The molecule has 1 aromatic carbocycles. The molecule has 0 atom stereocenters. The number of benzene rings is 1. The van der Waals surface area contributed by atoms with Crippen molar-refractivity contribution in [2.75, 3.05) is 0 Å². The average molecular weight is 315 g/mol. The summed E-state index contributed by atoms with van der Waals surface area (Å²) >= 11 is 3.16. The summed E-state index contributed by atoms with van der Waals surface area (Å²) in [6.45, 7) is 0.0670. The Balaban J connectivity index is 2.04. The van der Waals surface area contributed by atoms with Gasteiger partial charge in [-0.2, -0.15) is 0 Å². The summed E-state index contributed by atoms with van der Waals surface area (Å²) < 4.78 is 23.7. The van der Waals surface area contributed by atoms with Crippen LogP contribution in [0.15, 0.2) is 39.2 Å². The molecule has 1 heterocycles. The molecule has 0 spiro atoms. The minimum absolute atomic E-state index is 0.0670. The maximum Gasteiger partial charge on any atom is 0.371 e. The van der Waals surface area contributed by atoms with Crippen molar-refractivity contribution in [2.24, 2.45) is 0 Å². The van der Waals surface area contributed by atoms with Crippen LogP contribution < -0.4 is 4.74 Å². The number of carboxylic acids is 1. The number of carboxylic acid groups (broad SMARTS) is 1. The van der Waals surface area contributed by atoms with Crippen LogP contribution in [0.4, 0.5) is 4.39 Å². The molecule has 1 aromatic heterocycles. The monoisotopic (exact) mass is 314 g/mol. The van der Waals surface area contributed by atoms with Crippen LogP contribution in [0.5, 0.6) is 5.75 Å². The lowest BCUT2D eigenvalue weighted by molar-refractivity contribution is 0.0658. The second kappa shape index (κ2) is 5.22. The van der Waals surface area contributed by atoms with Crippen LogP contribution >= 0.6 is 15.9 Å². The number of carbonyl (C=O) groups is 1. The molecular weight excluding hydrogens is 307 g/mol. The Morgan fingerprint density at radius 1 is 1.39 bits per heavy atom. The lowest BCUT2D eigenvalue weighted by Gasteiger charge is -2.06. The van der Waals surface area contributed by atoms with Gasteiger partial charge < -0.3 is 14.3 Å². The number of ether oxygens (including phenoxy) is 1. The van der Waals surface area contributed by atoms with Crippen LogP contribution in [0, 0.1) is 5.82 Å². The highest BCUT2D eigenvalue weighted by molar-refractivity contribution is 9.10. The number of hydrogen-bond acceptors (Lipinski definition) is 3. The summed E-state index contributed by atoms with van der Waals surface area (Å²) in [5.41, 5.74) is 0. The van der Waals surface area contributed by atoms with Crippen molar-refractivity contribution in [2.45, 2.75) is 6.61 Å². The summed E-state index contributed by atoms with van der Waals surface area (Å²) in [6.07, 6.45) is 0. The molecule has 0 amide bonds. The highest BCUT2D eigenvalue weighted by Gasteiger charge is 2.10. The van der Waals surface area contributed by atoms with Crippen LogP contribution in [0.1, 0.15) is 16.3 Å². The molecule has 0 aliphatic carbocycles. The highest BCUT2D eigenvalue weighted by Crippen LogP contribution is 2.26. The Hall–Kier alpha value is -1.82. The van der Waals surface area contributed by atoms with E-state index in [9.17, 15) is 9.18 Å². The maximum absolute atomic E-state index is 12.8. The zero-order valence-electron chi connectivity index (χ0n) is 9.02. The van der Waals surface area contributed by atoms with E-state index >= 15 is 0 Å². The lowest BCUT2D eigenvalue weighted by atomic mass is 10.3. The van der Waals surface area contributed by atoms with E-state index in [0.717, 1.165) is 0 Å². The van der Waals surface area contributed by atoms with Gasteiger partial charge in [-0.1, -0.05) is 0 Å². The largest absolute Gasteiger partial charge is 0.484 e. The van der Waals surface area contributed by atoms with Crippen molar-refractivity contribution in [3.05, 3.63) is 52.1 Å². The van der Waals surface area contributed by atoms with Gasteiger partial charge in [-0.3, -0.25) is 0 Å². The fraction of sp³-hybridized carbons (Fsp3) is 0.0833. The molecule has 0 saturated heterocycles. The number of aromatic carboxylic acids is 1. The smallest absolute Gasteiger partial charge is 0.371 e. The summed E-state index contributed by atoms with van der Waals surface area (Å²) in [6, 6.07) is 6.88. The standard InChI is InChI=1S/C12H8BrFO4/c13-9-5-7(14)1-3-10(9)17-6-8-2-4-11(18-8)12(15)16/h1-5H,6H2,(H,15,16). The maximum atomic E-state index is 12.8. The molecule has 0 aliphatic heterocycles. The lowest BCUT2D eigenvalue weighted by Crippen LogP contribution is -1.96. The van der Waals surface area contributed by atoms with Crippen LogP contribution in [-0.2, 0) is 6.61 Å². The number of halogens is 2. The summed E-state index contributed by atoms with van der Waals surface area (Å²) in [4.78, 5) is 10.6. The van der Waals surface area contributed by atoms with E-state index in [1.807, 2.05) is 0 Å². The molecule has 0 unspecified atom stereocenters. The molecule has 0 aliphatic rings. The molecule has 94 valence electrons. The Morgan fingerprint density at radius 2 is 2.17 bits per heavy atom. The third-order valence-corrected chi connectivity index (χ3v) is 2.76. The van der Waals surface area contributed by atoms with Crippen molar-refractivity contribution in [3.63, 3.8) is 0 Å². The molecule has 2 aromatic rings.